The number of aryl methyl sites for hydroxylation is 1. The second kappa shape index (κ2) is 13.7. The van der Waals surface area contributed by atoms with Crippen LogP contribution < -0.4 is 5.32 Å². The van der Waals surface area contributed by atoms with Gasteiger partial charge in [-0.05, 0) is 74.1 Å². The minimum absolute atomic E-state index is 0.152. The fourth-order valence-electron chi connectivity index (χ4n) is 7.37. The van der Waals surface area contributed by atoms with E-state index in [0.717, 1.165) is 70.1 Å². The van der Waals surface area contributed by atoms with Crippen molar-refractivity contribution in [3.05, 3.63) is 90.0 Å². The van der Waals surface area contributed by atoms with Gasteiger partial charge < -0.3 is 19.5 Å². The molecule has 2 aromatic carbocycles. The van der Waals surface area contributed by atoms with Crippen molar-refractivity contribution in [2.45, 2.75) is 69.4 Å². The highest BCUT2D eigenvalue weighted by atomic mass is 16.6. The summed E-state index contributed by atoms with van der Waals surface area (Å²) in [4.78, 5) is 32.0. The average Bonchev–Trinajstić information content (AvgIpc) is 3.73. The molecule has 1 saturated carbocycles. The first-order chi connectivity index (χ1) is 20.5. The second-order valence-corrected chi connectivity index (χ2v) is 11.7. The summed E-state index contributed by atoms with van der Waals surface area (Å²) in [5.41, 5.74) is 2.80. The number of hydrogen-bond donors (Lipinski definition) is 1. The minimum Gasteiger partial charge on any atom is -0.446 e. The summed E-state index contributed by atoms with van der Waals surface area (Å²) in [6.45, 7) is 2.21. The molecule has 8 nitrogen and oxygen atoms in total. The van der Waals surface area contributed by atoms with Crippen molar-refractivity contribution in [1.82, 2.24) is 19.8 Å². The number of nitriles is 1. The third-order valence-electron chi connectivity index (χ3n) is 9.41. The molecular formula is C34H41N5O3. The SMILES string of the molecule is CNC(=O)OC1CCCC1C(Cn1ccnc1)(c1ccccc1)C1CCN(C(=O)CCCc2ccc(C#N)cc2)CC1. The van der Waals surface area contributed by atoms with E-state index in [9.17, 15) is 9.59 Å². The molecule has 1 aliphatic carbocycles. The Labute approximate surface area is 248 Å². The summed E-state index contributed by atoms with van der Waals surface area (Å²) < 4.78 is 8.18. The van der Waals surface area contributed by atoms with Crippen molar-refractivity contribution >= 4 is 12.0 Å². The van der Waals surface area contributed by atoms with Gasteiger partial charge in [0.25, 0.3) is 0 Å². The normalized spacial score (nSPS) is 20.4. The van der Waals surface area contributed by atoms with Crippen LogP contribution in [-0.4, -0.2) is 52.7 Å². The molecule has 5 rings (SSSR count). The summed E-state index contributed by atoms with van der Waals surface area (Å²) in [6.07, 6.45) is 12.0. The molecule has 0 bridgehead atoms. The quantitative estimate of drug-likeness (QED) is 0.350. The number of ether oxygens (including phenoxy) is 1. The van der Waals surface area contributed by atoms with Gasteiger partial charge in [-0.1, -0.05) is 42.5 Å². The molecule has 2 fully saturated rings. The molecule has 8 heteroatoms. The van der Waals surface area contributed by atoms with Gasteiger partial charge in [0, 0.05) is 56.8 Å². The van der Waals surface area contributed by atoms with E-state index in [-0.39, 0.29) is 29.4 Å². The van der Waals surface area contributed by atoms with Crippen LogP contribution in [0.4, 0.5) is 4.79 Å². The minimum atomic E-state index is -0.377. The number of likely N-dealkylation sites (tertiary alicyclic amines) is 1. The molecule has 42 heavy (non-hydrogen) atoms. The van der Waals surface area contributed by atoms with Crippen LogP contribution in [0.25, 0.3) is 0 Å². The molecule has 2 aliphatic rings. The first-order valence-corrected chi connectivity index (χ1v) is 15.2. The molecule has 0 spiro atoms. The zero-order valence-electron chi connectivity index (χ0n) is 24.5. The van der Waals surface area contributed by atoms with Gasteiger partial charge in [0.2, 0.25) is 5.91 Å². The molecule has 1 aromatic heterocycles. The van der Waals surface area contributed by atoms with Gasteiger partial charge in [0.1, 0.15) is 6.10 Å². The van der Waals surface area contributed by atoms with Gasteiger partial charge in [-0.25, -0.2) is 9.78 Å². The predicted molar refractivity (Wildman–Crippen MR) is 160 cm³/mol. The van der Waals surface area contributed by atoms with Crippen LogP contribution in [0.5, 0.6) is 0 Å². The second-order valence-electron chi connectivity index (χ2n) is 11.7. The Bertz CT molecular complexity index is 1340. The molecule has 1 N–H and O–H groups in total. The van der Waals surface area contributed by atoms with Crippen molar-refractivity contribution in [3.63, 3.8) is 0 Å². The van der Waals surface area contributed by atoms with Crippen LogP contribution in [0.3, 0.4) is 0 Å². The van der Waals surface area contributed by atoms with Crippen molar-refractivity contribution in [2.24, 2.45) is 11.8 Å². The van der Waals surface area contributed by atoms with Gasteiger partial charge in [0.15, 0.2) is 0 Å². The van der Waals surface area contributed by atoms with Gasteiger partial charge in [0.05, 0.1) is 18.0 Å². The van der Waals surface area contributed by atoms with E-state index in [2.05, 4.69) is 51.3 Å². The number of imidazole rings is 1. The Kier molecular flexibility index (Phi) is 9.58. The lowest BCUT2D eigenvalue weighted by atomic mass is 9.58. The van der Waals surface area contributed by atoms with E-state index in [1.165, 1.54) is 5.56 Å². The molecule has 2 amide bonds. The standard InChI is InChI=1S/C34H41N5O3/c1-36-33(41)42-31-11-6-10-30(31)34(24-38-22-19-37-25-38,28-8-3-2-4-9-28)29-17-20-39(21-18-29)32(40)12-5-7-26-13-15-27(23-35)16-14-26/h2-4,8-9,13-16,19,22,25,29-31H,5-7,10-12,17-18,20-21,24H2,1H3,(H,36,41). The number of benzene rings is 2. The highest BCUT2D eigenvalue weighted by molar-refractivity contribution is 5.76. The van der Waals surface area contributed by atoms with Crippen molar-refractivity contribution in [2.75, 3.05) is 20.1 Å². The summed E-state index contributed by atoms with van der Waals surface area (Å²) >= 11 is 0. The van der Waals surface area contributed by atoms with Gasteiger partial charge in [-0.15, -0.1) is 0 Å². The molecular weight excluding hydrogens is 526 g/mol. The summed E-state index contributed by atoms with van der Waals surface area (Å²) in [5, 5.41) is 11.7. The lowest BCUT2D eigenvalue weighted by molar-refractivity contribution is -0.133. The topological polar surface area (TPSA) is 100 Å². The number of alkyl carbamates (subject to hydrolysis) is 1. The molecule has 3 unspecified atom stereocenters. The van der Waals surface area contributed by atoms with Gasteiger partial charge in [-0.3, -0.25) is 4.79 Å². The number of carbonyl (C=O) groups is 2. The average molecular weight is 568 g/mol. The van der Waals surface area contributed by atoms with E-state index >= 15 is 0 Å². The maximum absolute atomic E-state index is 13.2. The summed E-state index contributed by atoms with van der Waals surface area (Å²) in [6, 6.07) is 20.5. The Morgan fingerprint density at radius 2 is 1.83 bits per heavy atom. The van der Waals surface area contributed by atoms with Crippen LogP contribution in [0, 0.1) is 23.2 Å². The van der Waals surface area contributed by atoms with E-state index in [4.69, 9.17) is 10.00 Å². The van der Waals surface area contributed by atoms with Crippen LogP contribution in [0.2, 0.25) is 0 Å². The Morgan fingerprint density at radius 1 is 1.07 bits per heavy atom. The van der Waals surface area contributed by atoms with E-state index in [1.807, 2.05) is 47.9 Å². The Balaban J connectivity index is 1.33. The molecule has 220 valence electrons. The monoisotopic (exact) mass is 567 g/mol. The molecule has 3 atom stereocenters. The zero-order valence-corrected chi connectivity index (χ0v) is 24.5. The van der Waals surface area contributed by atoms with Crippen molar-refractivity contribution in [3.8, 4) is 6.07 Å². The highest BCUT2D eigenvalue weighted by Crippen LogP contribution is 2.52. The van der Waals surface area contributed by atoms with Gasteiger partial charge >= 0.3 is 6.09 Å². The number of piperidine rings is 1. The molecule has 3 aromatic rings. The van der Waals surface area contributed by atoms with Gasteiger partial charge in [-0.2, -0.15) is 5.26 Å². The number of amides is 2. The van der Waals surface area contributed by atoms with Crippen LogP contribution in [0.1, 0.15) is 61.6 Å². The van der Waals surface area contributed by atoms with Crippen LogP contribution in [-0.2, 0) is 27.9 Å². The maximum Gasteiger partial charge on any atom is 0.407 e. The largest absolute Gasteiger partial charge is 0.446 e. The lowest BCUT2D eigenvalue weighted by Gasteiger charge is -2.50. The molecule has 0 radical (unpaired) electrons. The van der Waals surface area contributed by atoms with Crippen LogP contribution >= 0.6 is 0 Å². The molecule has 1 saturated heterocycles. The first kappa shape index (κ1) is 29.4. The summed E-state index contributed by atoms with van der Waals surface area (Å²) in [5.74, 6) is 0.673. The number of nitrogens with zero attached hydrogens (tertiary/aromatic N) is 4. The Morgan fingerprint density at radius 3 is 2.50 bits per heavy atom. The Hall–Kier alpha value is -4.12. The van der Waals surface area contributed by atoms with E-state index in [1.54, 1.807) is 7.05 Å². The lowest BCUT2D eigenvalue weighted by Crippen LogP contribution is -2.53. The third-order valence-corrected chi connectivity index (χ3v) is 9.41. The van der Waals surface area contributed by atoms with Crippen LogP contribution in [0.15, 0.2) is 73.3 Å². The third kappa shape index (κ3) is 6.51. The summed E-state index contributed by atoms with van der Waals surface area (Å²) in [7, 11) is 1.61. The maximum atomic E-state index is 13.2. The number of nitrogens with one attached hydrogen (secondary N) is 1. The number of hydrogen-bond acceptors (Lipinski definition) is 5. The van der Waals surface area contributed by atoms with Crippen molar-refractivity contribution in [1.29, 1.82) is 5.26 Å². The molecule has 2 heterocycles. The van der Waals surface area contributed by atoms with E-state index in [0.29, 0.717) is 17.9 Å². The number of carbonyl (C=O) groups excluding carboxylic acids is 2. The molecule has 1 aliphatic heterocycles. The zero-order chi connectivity index (χ0) is 29.4. The fraction of sp³-hybridized carbons (Fsp3) is 0.471. The number of aromatic nitrogens is 2. The van der Waals surface area contributed by atoms with Crippen molar-refractivity contribution < 1.29 is 14.3 Å². The fourth-order valence-corrected chi connectivity index (χ4v) is 7.37. The smallest absolute Gasteiger partial charge is 0.407 e. The first-order valence-electron chi connectivity index (χ1n) is 15.2. The van der Waals surface area contributed by atoms with E-state index < -0.39 is 0 Å². The predicted octanol–water partition coefficient (Wildman–Crippen LogP) is 5.48. The number of rotatable bonds is 10. The highest BCUT2D eigenvalue weighted by Gasteiger charge is 2.53.